The molecule has 1 aliphatic rings. The lowest BCUT2D eigenvalue weighted by atomic mass is 10.0. The van der Waals surface area contributed by atoms with E-state index in [2.05, 4.69) is 55.1 Å². The predicted molar refractivity (Wildman–Crippen MR) is 97.1 cm³/mol. The highest BCUT2D eigenvalue weighted by molar-refractivity contribution is 9.10. The zero-order valence-electron chi connectivity index (χ0n) is 13.9. The summed E-state index contributed by atoms with van der Waals surface area (Å²) in [7, 11) is 2.15. The van der Waals surface area contributed by atoms with Crippen molar-refractivity contribution < 1.29 is 8.94 Å². The average Bonchev–Trinajstić information content (AvgIpc) is 3.27. The first-order valence-corrected chi connectivity index (χ1v) is 9.07. The molecule has 1 aromatic carbocycles. The van der Waals surface area contributed by atoms with Crippen molar-refractivity contribution in [2.75, 3.05) is 33.2 Å². The van der Waals surface area contributed by atoms with Crippen molar-refractivity contribution in [3.8, 4) is 11.6 Å². The van der Waals surface area contributed by atoms with Crippen molar-refractivity contribution in [1.82, 2.24) is 19.9 Å². The van der Waals surface area contributed by atoms with Crippen LogP contribution in [0.15, 0.2) is 56.1 Å². The van der Waals surface area contributed by atoms with Crippen LogP contribution < -0.4 is 0 Å². The number of halogens is 1. The van der Waals surface area contributed by atoms with E-state index in [4.69, 9.17) is 8.94 Å². The molecule has 0 bridgehead atoms. The minimum atomic E-state index is -0.0467. The average molecular weight is 403 g/mol. The van der Waals surface area contributed by atoms with Gasteiger partial charge in [0.05, 0.1) is 0 Å². The number of rotatable bonds is 4. The van der Waals surface area contributed by atoms with Crippen LogP contribution in [0.5, 0.6) is 0 Å². The van der Waals surface area contributed by atoms with E-state index in [1.807, 2.05) is 30.3 Å². The fraction of sp³-hybridized carbons (Fsp3) is 0.333. The molecule has 0 saturated carbocycles. The Morgan fingerprint density at radius 2 is 1.80 bits per heavy atom. The van der Waals surface area contributed by atoms with Crippen LogP contribution in [0.4, 0.5) is 0 Å². The maximum Gasteiger partial charge on any atom is 0.249 e. The van der Waals surface area contributed by atoms with Gasteiger partial charge in [-0.15, -0.1) is 0 Å². The summed E-state index contributed by atoms with van der Waals surface area (Å²) < 4.78 is 11.8. The summed E-state index contributed by atoms with van der Waals surface area (Å²) in [5.74, 6) is 1.65. The monoisotopic (exact) mass is 402 g/mol. The van der Waals surface area contributed by atoms with Gasteiger partial charge in [-0.25, -0.2) is 0 Å². The van der Waals surface area contributed by atoms with E-state index in [0.717, 1.165) is 31.7 Å². The van der Waals surface area contributed by atoms with Crippen molar-refractivity contribution in [2.45, 2.75) is 6.04 Å². The van der Waals surface area contributed by atoms with Crippen LogP contribution in [-0.4, -0.2) is 53.2 Å². The van der Waals surface area contributed by atoms with Gasteiger partial charge in [0, 0.05) is 26.2 Å². The standard InChI is InChI=1S/C18H19BrN4O2/c1-22-9-11-23(12-10-22)16(13-5-3-2-4-6-13)18-20-17(21-25-18)14-7-8-15(19)24-14/h2-8,16H,9-12H2,1H3. The first kappa shape index (κ1) is 16.5. The van der Waals surface area contributed by atoms with Crippen molar-refractivity contribution in [3.63, 3.8) is 0 Å². The third-order valence-corrected chi connectivity index (χ3v) is 4.91. The lowest BCUT2D eigenvalue weighted by Gasteiger charge is -2.36. The molecule has 4 rings (SSSR count). The second-order valence-corrected chi connectivity index (χ2v) is 6.99. The van der Waals surface area contributed by atoms with Crippen LogP contribution in [0.1, 0.15) is 17.5 Å². The molecule has 0 amide bonds. The lowest BCUT2D eigenvalue weighted by molar-refractivity contribution is 0.111. The van der Waals surface area contributed by atoms with Gasteiger partial charge in [0.2, 0.25) is 11.7 Å². The van der Waals surface area contributed by atoms with Crippen molar-refractivity contribution in [3.05, 3.63) is 58.6 Å². The molecule has 2 aromatic heterocycles. The topological polar surface area (TPSA) is 58.5 Å². The van der Waals surface area contributed by atoms with Crippen LogP contribution in [0.3, 0.4) is 0 Å². The zero-order valence-corrected chi connectivity index (χ0v) is 15.5. The zero-order chi connectivity index (χ0) is 17.2. The summed E-state index contributed by atoms with van der Waals surface area (Å²) >= 11 is 3.30. The highest BCUT2D eigenvalue weighted by atomic mass is 79.9. The third kappa shape index (κ3) is 3.53. The number of aromatic nitrogens is 2. The normalized spacial score (nSPS) is 17.7. The molecule has 6 nitrogen and oxygen atoms in total. The van der Waals surface area contributed by atoms with Crippen LogP contribution >= 0.6 is 15.9 Å². The Morgan fingerprint density at radius 1 is 1.04 bits per heavy atom. The Morgan fingerprint density at radius 3 is 2.48 bits per heavy atom. The molecular weight excluding hydrogens is 384 g/mol. The fourth-order valence-corrected chi connectivity index (χ4v) is 3.41. The Hall–Kier alpha value is -1.96. The Kier molecular flexibility index (Phi) is 4.70. The third-order valence-electron chi connectivity index (χ3n) is 4.49. The molecular formula is C18H19BrN4O2. The second kappa shape index (κ2) is 7.11. The van der Waals surface area contributed by atoms with Gasteiger partial charge in [-0.3, -0.25) is 4.90 Å². The van der Waals surface area contributed by atoms with Gasteiger partial charge >= 0.3 is 0 Å². The maximum absolute atomic E-state index is 5.63. The SMILES string of the molecule is CN1CCN(C(c2ccccc2)c2nc(-c3ccc(Br)o3)no2)CC1. The van der Waals surface area contributed by atoms with Crippen LogP contribution in [-0.2, 0) is 0 Å². The number of benzene rings is 1. The summed E-state index contributed by atoms with van der Waals surface area (Å²) in [6.45, 7) is 3.96. The number of hydrogen-bond donors (Lipinski definition) is 0. The van der Waals surface area contributed by atoms with Gasteiger partial charge in [-0.2, -0.15) is 4.98 Å². The van der Waals surface area contributed by atoms with Gasteiger partial charge in [0.15, 0.2) is 10.4 Å². The Balaban J connectivity index is 1.67. The summed E-state index contributed by atoms with van der Waals surface area (Å²) in [4.78, 5) is 9.34. The van der Waals surface area contributed by atoms with E-state index < -0.39 is 0 Å². The minimum Gasteiger partial charge on any atom is -0.446 e. The van der Waals surface area contributed by atoms with Gasteiger partial charge in [-0.1, -0.05) is 35.5 Å². The highest BCUT2D eigenvalue weighted by Crippen LogP contribution is 2.30. The number of piperazine rings is 1. The maximum atomic E-state index is 5.63. The Bertz CT molecular complexity index is 824. The van der Waals surface area contributed by atoms with Crippen LogP contribution in [0.2, 0.25) is 0 Å². The fourth-order valence-electron chi connectivity index (χ4n) is 3.11. The lowest BCUT2D eigenvalue weighted by Crippen LogP contribution is -2.46. The van der Waals surface area contributed by atoms with E-state index in [9.17, 15) is 0 Å². The minimum absolute atomic E-state index is 0.0467. The summed E-state index contributed by atoms with van der Waals surface area (Å²) in [6.07, 6.45) is 0. The van der Waals surface area contributed by atoms with Crippen LogP contribution in [0, 0.1) is 0 Å². The van der Waals surface area contributed by atoms with Crippen molar-refractivity contribution >= 4 is 15.9 Å². The first-order valence-electron chi connectivity index (χ1n) is 8.27. The largest absolute Gasteiger partial charge is 0.446 e. The molecule has 1 atom stereocenters. The van der Waals surface area contributed by atoms with Gasteiger partial charge in [0.25, 0.3) is 0 Å². The second-order valence-electron chi connectivity index (χ2n) is 6.21. The van der Waals surface area contributed by atoms with Crippen molar-refractivity contribution in [1.29, 1.82) is 0 Å². The first-order chi connectivity index (χ1) is 12.2. The van der Waals surface area contributed by atoms with Gasteiger partial charge in [0.1, 0.15) is 6.04 Å². The highest BCUT2D eigenvalue weighted by Gasteiger charge is 2.30. The predicted octanol–water partition coefficient (Wildman–Crippen LogP) is 3.43. The van der Waals surface area contributed by atoms with Gasteiger partial charge in [-0.05, 0) is 40.7 Å². The molecule has 130 valence electrons. The Labute approximate surface area is 154 Å². The molecule has 1 unspecified atom stereocenters. The molecule has 1 aliphatic heterocycles. The number of furan rings is 1. The smallest absolute Gasteiger partial charge is 0.249 e. The molecule has 0 N–H and O–H groups in total. The quantitative estimate of drug-likeness (QED) is 0.666. The van der Waals surface area contributed by atoms with Gasteiger partial charge < -0.3 is 13.8 Å². The van der Waals surface area contributed by atoms with E-state index in [1.165, 1.54) is 0 Å². The number of nitrogens with zero attached hydrogens (tertiary/aromatic N) is 4. The number of likely N-dealkylation sites (N-methyl/N-ethyl adjacent to an activating group) is 1. The molecule has 7 heteroatoms. The molecule has 1 saturated heterocycles. The summed E-state index contributed by atoms with van der Waals surface area (Å²) in [5, 5.41) is 4.12. The molecule has 3 heterocycles. The summed E-state index contributed by atoms with van der Waals surface area (Å²) in [5.41, 5.74) is 1.16. The molecule has 0 aliphatic carbocycles. The van der Waals surface area contributed by atoms with Crippen LogP contribution in [0.25, 0.3) is 11.6 Å². The molecule has 3 aromatic rings. The van der Waals surface area contributed by atoms with E-state index in [-0.39, 0.29) is 6.04 Å². The van der Waals surface area contributed by atoms with E-state index in [1.54, 1.807) is 0 Å². The summed E-state index contributed by atoms with van der Waals surface area (Å²) in [6, 6.07) is 13.9. The molecule has 1 fully saturated rings. The van der Waals surface area contributed by atoms with Crippen molar-refractivity contribution in [2.24, 2.45) is 0 Å². The molecule has 0 radical (unpaired) electrons. The molecule has 25 heavy (non-hydrogen) atoms. The molecule has 0 spiro atoms. The van der Waals surface area contributed by atoms with E-state index in [0.29, 0.717) is 22.1 Å². The number of hydrogen-bond acceptors (Lipinski definition) is 6. The van der Waals surface area contributed by atoms with E-state index >= 15 is 0 Å².